The Labute approximate surface area is 147 Å². The summed E-state index contributed by atoms with van der Waals surface area (Å²) in [6, 6.07) is 22.3. The molecular weight excluding hydrogens is 292 g/mol. The van der Waals surface area contributed by atoms with Gasteiger partial charge in [0.25, 0.3) is 0 Å². The number of rotatable bonds is 11. The Kier molecular flexibility index (Phi) is 8.58. The molecule has 0 fully saturated rings. The van der Waals surface area contributed by atoms with Crippen LogP contribution in [0.15, 0.2) is 60.7 Å². The van der Waals surface area contributed by atoms with Crippen LogP contribution in [0.2, 0.25) is 0 Å². The maximum Gasteiger partial charge on any atom is 0.0237 e. The molecule has 0 aliphatic carbocycles. The highest BCUT2D eigenvalue weighted by Gasteiger charge is 2.08. The van der Waals surface area contributed by atoms with E-state index in [1.54, 1.807) is 0 Å². The van der Waals surface area contributed by atoms with Gasteiger partial charge in [-0.1, -0.05) is 74.5 Å². The lowest BCUT2D eigenvalue weighted by molar-refractivity contribution is 0.250. The van der Waals surface area contributed by atoms with E-state index in [0.29, 0.717) is 6.04 Å². The first kappa shape index (κ1) is 18.7. The van der Waals surface area contributed by atoms with Crippen LogP contribution in [-0.2, 0) is 13.1 Å². The summed E-state index contributed by atoms with van der Waals surface area (Å²) in [5.74, 6) is 0. The Morgan fingerprint density at radius 3 is 1.75 bits per heavy atom. The topological polar surface area (TPSA) is 15.3 Å². The second-order valence-corrected chi connectivity index (χ2v) is 6.50. The molecule has 24 heavy (non-hydrogen) atoms. The first-order valence-corrected chi connectivity index (χ1v) is 9.35. The molecule has 2 rings (SSSR count). The lowest BCUT2D eigenvalue weighted by Crippen LogP contribution is -2.31. The number of nitrogens with zero attached hydrogens (tertiary/aromatic N) is 1. The van der Waals surface area contributed by atoms with E-state index in [-0.39, 0.29) is 0 Å². The van der Waals surface area contributed by atoms with Gasteiger partial charge in [-0.05, 0) is 36.9 Å². The van der Waals surface area contributed by atoms with Gasteiger partial charge < -0.3 is 5.32 Å². The second-order valence-electron chi connectivity index (χ2n) is 6.50. The molecule has 0 aromatic heterocycles. The highest BCUT2D eigenvalue weighted by atomic mass is 15.1. The van der Waals surface area contributed by atoms with Crippen LogP contribution in [0.25, 0.3) is 0 Å². The van der Waals surface area contributed by atoms with Crippen molar-refractivity contribution >= 4 is 0 Å². The molecule has 1 N–H and O–H groups in total. The van der Waals surface area contributed by atoms with Crippen molar-refractivity contribution in [3.8, 4) is 0 Å². The quantitative estimate of drug-likeness (QED) is 0.594. The van der Waals surface area contributed by atoms with E-state index in [9.17, 15) is 0 Å². The molecular formula is C22H32N2. The SMILES string of the molecule is CCC(CC)NCCCN(Cc1ccccc1)Cc1ccccc1. The fourth-order valence-electron chi connectivity index (χ4n) is 3.08. The molecule has 0 saturated heterocycles. The number of hydrogen-bond acceptors (Lipinski definition) is 2. The molecule has 2 aromatic carbocycles. The monoisotopic (exact) mass is 324 g/mol. The van der Waals surface area contributed by atoms with Gasteiger partial charge in [0.05, 0.1) is 0 Å². The zero-order valence-electron chi connectivity index (χ0n) is 15.2. The maximum atomic E-state index is 3.68. The first-order chi connectivity index (χ1) is 11.8. The van der Waals surface area contributed by atoms with Crippen molar-refractivity contribution < 1.29 is 0 Å². The highest BCUT2D eigenvalue weighted by molar-refractivity contribution is 5.17. The van der Waals surface area contributed by atoms with Gasteiger partial charge in [0.1, 0.15) is 0 Å². The van der Waals surface area contributed by atoms with E-state index < -0.39 is 0 Å². The summed E-state index contributed by atoms with van der Waals surface area (Å²) in [6.07, 6.45) is 3.62. The van der Waals surface area contributed by atoms with Crippen molar-refractivity contribution in [2.24, 2.45) is 0 Å². The molecule has 0 aliphatic heterocycles. The predicted molar refractivity (Wildman–Crippen MR) is 104 cm³/mol. The van der Waals surface area contributed by atoms with Crippen LogP contribution in [0.4, 0.5) is 0 Å². The molecule has 0 amide bonds. The van der Waals surface area contributed by atoms with Gasteiger partial charge in [0, 0.05) is 25.7 Å². The van der Waals surface area contributed by atoms with Gasteiger partial charge >= 0.3 is 0 Å². The molecule has 0 atom stereocenters. The van der Waals surface area contributed by atoms with E-state index >= 15 is 0 Å². The zero-order valence-corrected chi connectivity index (χ0v) is 15.2. The molecule has 2 heteroatoms. The minimum absolute atomic E-state index is 0.668. The lowest BCUT2D eigenvalue weighted by Gasteiger charge is -2.23. The van der Waals surface area contributed by atoms with E-state index in [4.69, 9.17) is 0 Å². The van der Waals surface area contributed by atoms with Gasteiger partial charge in [-0.2, -0.15) is 0 Å². The van der Waals surface area contributed by atoms with Gasteiger partial charge in [0.15, 0.2) is 0 Å². The summed E-state index contributed by atoms with van der Waals surface area (Å²) in [6.45, 7) is 8.78. The van der Waals surface area contributed by atoms with Gasteiger partial charge in [-0.3, -0.25) is 4.90 Å². The van der Waals surface area contributed by atoms with Crippen molar-refractivity contribution in [1.29, 1.82) is 0 Å². The van der Waals surface area contributed by atoms with Crippen molar-refractivity contribution in [3.63, 3.8) is 0 Å². The van der Waals surface area contributed by atoms with Crippen molar-refractivity contribution in [2.75, 3.05) is 13.1 Å². The Morgan fingerprint density at radius 2 is 1.29 bits per heavy atom. The standard InChI is InChI=1S/C22H32N2/c1-3-22(4-2)23-16-11-17-24(18-20-12-7-5-8-13-20)19-21-14-9-6-10-15-21/h5-10,12-15,22-23H,3-4,11,16-19H2,1-2H3. The van der Waals surface area contributed by atoms with Crippen LogP contribution in [0.1, 0.15) is 44.2 Å². The van der Waals surface area contributed by atoms with Crippen LogP contribution >= 0.6 is 0 Å². The van der Waals surface area contributed by atoms with Gasteiger partial charge in [-0.25, -0.2) is 0 Å². The van der Waals surface area contributed by atoms with E-state index in [1.807, 2.05) is 0 Å². The van der Waals surface area contributed by atoms with E-state index in [2.05, 4.69) is 84.7 Å². The van der Waals surface area contributed by atoms with E-state index in [0.717, 1.165) is 26.2 Å². The van der Waals surface area contributed by atoms with Crippen LogP contribution in [0.5, 0.6) is 0 Å². The summed E-state index contributed by atoms with van der Waals surface area (Å²) in [5, 5.41) is 3.68. The Hall–Kier alpha value is -1.64. The molecule has 0 spiro atoms. The smallest absolute Gasteiger partial charge is 0.0237 e. The van der Waals surface area contributed by atoms with E-state index in [1.165, 1.54) is 30.4 Å². The predicted octanol–water partition coefficient (Wildman–Crippen LogP) is 4.86. The Morgan fingerprint density at radius 1 is 0.792 bits per heavy atom. The normalized spacial score (nSPS) is 11.3. The Bertz CT molecular complexity index is 493. The number of benzene rings is 2. The molecule has 0 aliphatic rings. The zero-order chi connectivity index (χ0) is 17.0. The summed E-state index contributed by atoms with van der Waals surface area (Å²) in [5.41, 5.74) is 2.78. The van der Waals surface area contributed by atoms with Crippen molar-refractivity contribution in [1.82, 2.24) is 10.2 Å². The number of nitrogens with one attached hydrogen (secondary N) is 1. The summed E-state index contributed by atoms with van der Waals surface area (Å²) in [7, 11) is 0. The summed E-state index contributed by atoms with van der Waals surface area (Å²) in [4.78, 5) is 2.55. The molecule has 130 valence electrons. The molecule has 2 nitrogen and oxygen atoms in total. The summed E-state index contributed by atoms with van der Waals surface area (Å²) >= 11 is 0. The molecule has 0 radical (unpaired) electrons. The molecule has 2 aromatic rings. The average molecular weight is 325 g/mol. The van der Waals surface area contributed by atoms with Gasteiger partial charge in [-0.15, -0.1) is 0 Å². The highest BCUT2D eigenvalue weighted by Crippen LogP contribution is 2.10. The molecule has 0 saturated carbocycles. The third-order valence-electron chi connectivity index (χ3n) is 4.57. The third-order valence-corrected chi connectivity index (χ3v) is 4.57. The van der Waals surface area contributed by atoms with Crippen LogP contribution in [0, 0.1) is 0 Å². The number of hydrogen-bond donors (Lipinski definition) is 1. The Balaban J connectivity index is 1.87. The fourth-order valence-corrected chi connectivity index (χ4v) is 3.08. The van der Waals surface area contributed by atoms with Crippen LogP contribution in [-0.4, -0.2) is 24.0 Å². The fraction of sp³-hybridized carbons (Fsp3) is 0.455. The lowest BCUT2D eigenvalue weighted by atomic mass is 10.1. The largest absolute Gasteiger partial charge is 0.314 e. The van der Waals surface area contributed by atoms with Crippen molar-refractivity contribution in [2.45, 2.75) is 52.2 Å². The van der Waals surface area contributed by atoms with Gasteiger partial charge in [0.2, 0.25) is 0 Å². The summed E-state index contributed by atoms with van der Waals surface area (Å²) < 4.78 is 0. The van der Waals surface area contributed by atoms with Crippen molar-refractivity contribution in [3.05, 3.63) is 71.8 Å². The minimum atomic E-state index is 0.668. The average Bonchev–Trinajstić information content (AvgIpc) is 2.63. The minimum Gasteiger partial charge on any atom is -0.314 e. The van der Waals surface area contributed by atoms with Crippen LogP contribution in [0.3, 0.4) is 0 Å². The second kappa shape index (κ2) is 11.0. The molecule has 0 unspecified atom stereocenters. The molecule has 0 bridgehead atoms. The maximum absolute atomic E-state index is 3.68. The third kappa shape index (κ3) is 6.86. The van der Waals surface area contributed by atoms with Crippen LogP contribution < -0.4 is 5.32 Å². The first-order valence-electron chi connectivity index (χ1n) is 9.35. The molecule has 0 heterocycles.